The van der Waals surface area contributed by atoms with Crippen LogP contribution in [0.4, 0.5) is 4.79 Å². The molecule has 224 valence electrons. The van der Waals surface area contributed by atoms with E-state index < -0.39 is 35.7 Å². The van der Waals surface area contributed by atoms with Gasteiger partial charge in [-0.2, -0.15) is 0 Å². The lowest BCUT2D eigenvalue weighted by molar-refractivity contribution is -0.140. The predicted molar refractivity (Wildman–Crippen MR) is 156 cm³/mol. The van der Waals surface area contributed by atoms with Crippen LogP contribution in [0.25, 0.3) is 11.0 Å². The number of nitrogens with one attached hydrogen (secondary N) is 3. The first-order valence-corrected chi connectivity index (χ1v) is 14.1. The Morgan fingerprint density at radius 2 is 1.81 bits per heavy atom. The van der Waals surface area contributed by atoms with Gasteiger partial charge in [0.1, 0.15) is 23.2 Å². The van der Waals surface area contributed by atoms with E-state index in [1.54, 1.807) is 32.5 Å². The number of carbonyl (C=O) groups is 4. The largest absolute Gasteiger partial charge is 0.444 e. The van der Waals surface area contributed by atoms with E-state index in [-0.39, 0.29) is 31.3 Å². The highest BCUT2D eigenvalue weighted by molar-refractivity contribution is 5.92. The smallest absolute Gasteiger partial charge is 0.408 e. The molecule has 1 aromatic heterocycles. The second-order valence-electron chi connectivity index (χ2n) is 11.6. The second kappa shape index (κ2) is 13.0. The third kappa shape index (κ3) is 8.05. The Bertz CT molecular complexity index is 1430. The number of carbonyl (C=O) groups excluding carboxylic acids is 4. The molecule has 12 heteroatoms. The van der Waals surface area contributed by atoms with Gasteiger partial charge in [0.25, 0.3) is 0 Å². The molecule has 0 aliphatic carbocycles. The van der Waals surface area contributed by atoms with E-state index >= 15 is 0 Å². The fourth-order valence-corrected chi connectivity index (χ4v) is 5.09. The average Bonchev–Trinajstić information content (AvgIpc) is 3.51. The molecule has 0 spiro atoms. The van der Waals surface area contributed by atoms with Crippen molar-refractivity contribution in [2.24, 2.45) is 7.05 Å². The van der Waals surface area contributed by atoms with Gasteiger partial charge in [0.15, 0.2) is 0 Å². The zero-order chi connectivity index (χ0) is 30.4. The minimum atomic E-state index is -0.939. The SMILES string of the molecule is CC(=O)NC1CC(C(=O)NCc2ccc3c(c2)nnn3C)N(C(=O)[C@@H](CCc2ccccc2)NC(=O)OC(C)(C)C)C1. The molecule has 0 saturated carbocycles. The van der Waals surface area contributed by atoms with Crippen molar-refractivity contribution in [3.05, 3.63) is 59.7 Å². The van der Waals surface area contributed by atoms with Crippen molar-refractivity contribution in [2.75, 3.05) is 6.54 Å². The van der Waals surface area contributed by atoms with Crippen LogP contribution in [0.3, 0.4) is 0 Å². The van der Waals surface area contributed by atoms with E-state index in [9.17, 15) is 19.2 Å². The lowest BCUT2D eigenvalue weighted by Gasteiger charge is -2.29. The summed E-state index contributed by atoms with van der Waals surface area (Å²) in [6, 6.07) is 13.1. The van der Waals surface area contributed by atoms with Crippen LogP contribution < -0.4 is 16.0 Å². The zero-order valence-corrected chi connectivity index (χ0v) is 24.7. The summed E-state index contributed by atoms with van der Waals surface area (Å²) in [5.41, 5.74) is 2.67. The molecule has 3 atom stereocenters. The third-order valence-electron chi connectivity index (χ3n) is 6.99. The van der Waals surface area contributed by atoms with E-state index in [1.807, 2.05) is 48.5 Å². The third-order valence-corrected chi connectivity index (χ3v) is 6.99. The zero-order valence-electron chi connectivity index (χ0n) is 24.7. The van der Waals surface area contributed by atoms with Gasteiger partial charge in [-0.15, -0.1) is 5.10 Å². The highest BCUT2D eigenvalue weighted by Gasteiger charge is 2.42. The highest BCUT2D eigenvalue weighted by atomic mass is 16.6. The number of fused-ring (bicyclic) bond motifs is 1. The summed E-state index contributed by atoms with van der Waals surface area (Å²) in [4.78, 5) is 53.5. The summed E-state index contributed by atoms with van der Waals surface area (Å²) in [5.74, 6) is -1.02. The monoisotopic (exact) mass is 577 g/mol. The number of nitrogens with zero attached hydrogens (tertiary/aromatic N) is 4. The van der Waals surface area contributed by atoms with Gasteiger partial charge in [-0.1, -0.05) is 41.6 Å². The van der Waals surface area contributed by atoms with Crippen LogP contribution in [0.5, 0.6) is 0 Å². The first kappa shape index (κ1) is 30.5. The molecular formula is C30H39N7O5. The fraction of sp³-hybridized carbons (Fsp3) is 0.467. The standard InChI is InChI=1S/C30H39N7O5/c1-19(38)32-22-16-26(27(39)31-17-21-12-14-25-24(15-21)34-35-36(25)5)37(18-22)28(40)23(33-29(41)42-30(2,3)4)13-11-20-9-7-6-8-10-20/h6-10,12,14-15,22-23,26H,11,13,16-18H2,1-5H3,(H,31,39)(H,32,38)(H,33,41)/t22?,23-,26?/m1/s1. The van der Waals surface area contributed by atoms with Gasteiger partial charge in [0.05, 0.1) is 5.52 Å². The lowest BCUT2D eigenvalue weighted by atomic mass is 10.0. The van der Waals surface area contributed by atoms with Crippen LogP contribution in [0.15, 0.2) is 48.5 Å². The van der Waals surface area contributed by atoms with Crippen LogP contribution in [0.1, 0.15) is 51.7 Å². The van der Waals surface area contributed by atoms with Gasteiger partial charge >= 0.3 is 6.09 Å². The predicted octanol–water partition coefficient (Wildman–Crippen LogP) is 2.22. The van der Waals surface area contributed by atoms with Crippen molar-refractivity contribution < 1.29 is 23.9 Å². The van der Waals surface area contributed by atoms with Crippen LogP contribution in [0.2, 0.25) is 0 Å². The summed E-state index contributed by atoms with van der Waals surface area (Å²) in [6.07, 6.45) is 0.359. The first-order valence-electron chi connectivity index (χ1n) is 14.1. The Balaban J connectivity index is 1.51. The number of hydrogen-bond donors (Lipinski definition) is 3. The quantitative estimate of drug-likeness (QED) is 0.353. The van der Waals surface area contributed by atoms with Crippen LogP contribution >= 0.6 is 0 Å². The Hall–Kier alpha value is -4.48. The van der Waals surface area contributed by atoms with E-state index in [4.69, 9.17) is 4.74 Å². The van der Waals surface area contributed by atoms with Gasteiger partial charge in [0.2, 0.25) is 17.7 Å². The Morgan fingerprint density at radius 1 is 1.07 bits per heavy atom. The molecule has 3 N–H and O–H groups in total. The maximum atomic E-state index is 14.0. The minimum absolute atomic E-state index is 0.139. The van der Waals surface area contributed by atoms with E-state index in [0.717, 1.165) is 16.6 Å². The normalized spacial score (nSPS) is 17.5. The lowest BCUT2D eigenvalue weighted by Crippen LogP contribution is -2.54. The molecule has 12 nitrogen and oxygen atoms in total. The summed E-state index contributed by atoms with van der Waals surface area (Å²) in [7, 11) is 1.80. The van der Waals surface area contributed by atoms with Gasteiger partial charge in [0, 0.05) is 33.1 Å². The molecule has 1 aliphatic rings. The van der Waals surface area contributed by atoms with Crippen molar-refractivity contribution in [3.63, 3.8) is 0 Å². The number of aromatic nitrogens is 3. The van der Waals surface area contributed by atoms with Gasteiger partial charge in [-0.05, 0) is 63.3 Å². The Kier molecular flexibility index (Phi) is 9.44. The molecule has 2 aromatic carbocycles. The Labute approximate surface area is 245 Å². The molecule has 4 amide bonds. The number of aryl methyl sites for hydroxylation is 2. The van der Waals surface area contributed by atoms with Crippen LogP contribution in [-0.2, 0) is 39.1 Å². The molecule has 4 rings (SSSR count). The number of amides is 4. The summed E-state index contributed by atoms with van der Waals surface area (Å²) in [5, 5.41) is 16.6. The van der Waals surface area contributed by atoms with Crippen molar-refractivity contribution in [3.8, 4) is 0 Å². The van der Waals surface area contributed by atoms with Gasteiger partial charge in [-0.25, -0.2) is 9.48 Å². The average molecular weight is 578 g/mol. The number of hydrogen-bond acceptors (Lipinski definition) is 7. The topological polar surface area (TPSA) is 148 Å². The van der Waals surface area contributed by atoms with E-state index in [1.165, 1.54) is 11.8 Å². The number of ether oxygens (including phenoxy) is 1. The van der Waals surface area contributed by atoms with Crippen molar-refractivity contribution >= 4 is 34.8 Å². The highest BCUT2D eigenvalue weighted by Crippen LogP contribution is 2.22. The van der Waals surface area contributed by atoms with E-state index in [2.05, 4.69) is 26.3 Å². The number of alkyl carbamates (subject to hydrolysis) is 1. The van der Waals surface area contributed by atoms with Crippen molar-refractivity contribution in [2.45, 2.75) is 77.2 Å². The molecule has 1 saturated heterocycles. The molecule has 2 unspecified atom stereocenters. The van der Waals surface area contributed by atoms with Gasteiger partial charge in [-0.3, -0.25) is 14.4 Å². The molecular weight excluding hydrogens is 538 g/mol. The maximum absolute atomic E-state index is 14.0. The summed E-state index contributed by atoms with van der Waals surface area (Å²) >= 11 is 0. The summed E-state index contributed by atoms with van der Waals surface area (Å²) in [6.45, 7) is 6.99. The number of rotatable bonds is 9. The van der Waals surface area contributed by atoms with Crippen LogP contribution in [-0.4, -0.2) is 74.0 Å². The second-order valence-corrected chi connectivity index (χ2v) is 11.6. The fourth-order valence-electron chi connectivity index (χ4n) is 5.09. The van der Waals surface area contributed by atoms with Crippen molar-refractivity contribution in [1.82, 2.24) is 35.8 Å². The minimum Gasteiger partial charge on any atom is -0.444 e. The molecule has 0 bridgehead atoms. The molecule has 3 aromatic rings. The molecule has 1 fully saturated rings. The first-order chi connectivity index (χ1) is 19.9. The molecule has 42 heavy (non-hydrogen) atoms. The molecule has 2 heterocycles. The number of likely N-dealkylation sites (tertiary alicyclic amines) is 1. The molecule has 0 radical (unpaired) electrons. The van der Waals surface area contributed by atoms with Crippen molar-refractivity contribution in [1.29, 1.82) is 0 Å². The summed E-state index contributed by atoms with van der Waals surface area (Å²) < 4.78 is 7.10. The van der Waals surface area contributed by atoms with Gasteiger partial charge < -0.3 is 25.6 Å². The molecule has 1 aliphatic heterocycles. The number of benzene rings is 2. The maximum Gasteiger partial charge on any atom is 0.408 e. The van der Waals surface area contributed by atoms with Crippen LogP contribution in [0, 0.1) is 0 Å². The Morgan fingerprint density at radius 3 is 2.50 bits per heavy atom. The van der Waals surface area contributed by atoms with E-state index in [0.29, 0.717) is 18.4 Å².